The molecular formula is C10H16BrN3. The lowest BCUT2D eigenvalue weighted by molar-refractivity contribution is 0.772. The zero-order valence-corrected chi connectivity index (χ0v) is 10.2. The number of alkyl halides is 1. The van der Waals surface area contributed by atoms with Crippen LogP contribution in [0.5, 0.6) is 0 Å². The van der Waals surface area contributed by atoms with E-state index in [2.05, 4.69) is 38.1 Å². The Hall–Kier alpha value is -0.640. The van der Waals surface area contributed by atoms with Gasteiger partial charge < -0.3 is 5.32 Å². The first kappa shape index (κ1) is 11.4. The quantitative estimate of drug-likeness (QED) is 0.825. The van der Waals surface area contributed by atoms with Gasteiger partial charge in [-0.15, -0.1) is 0 Å². The summed E-state index contributed by atoms with van der Waals surface area (Å²) < 4.78 is 0. The minimum atomic E-state index is 0.595. The Labute approximate surface area is 93.5 Å². The molecule has 4 heteroatoms. The first-order chi connectivity index (χ1) is 6.72. The average molecular weight is 258 g/mol. The highest BCUT2D eigenvalue weighted by atomic mass is 79.9. The molecule has 0 aliphatic rings. The highest BCUT2D eigenvalue weighted by Gasteiger charge is 2.00. The summed E-state index contributed by atoms with van der Waals surface area (Å²) in [5.41, 5.74) is 0.994. The van der Waals surface area contributed by atoms with Crippen LogP contribution in [0.3, 0.4) is 0 Å². The van der Waals surface area contributed by atoms with Gasteiger partial charge >= 0.3 is 0 Å². The molecule has 0 saturated heterocycles. The molecule has 1 rings (SSSR count). The molecule has 0 aliphatic heterocycles. The first-order valence-corrected chi connectivity index (χ1v) is 5.80. The molecule has 78 valence electrons. The Morgan fingerprint density at radius 2 is 2.29 bits per heavy atom. The molecule has 1 atom stereocenters. The monoisotopic (exact) mass is 257 g/mol. The summed E-state index contributed by atoms with van der Waals surface area (Å²) in [6, 6.07) is 1.95. The second kappa shape index (κ2) is 5.96. The second-order valence-corrected chi connectivity index (χ2v) is 4.56. The van der Waals surface area contributed by atoms with Gasteiger partial charge in [-0.2, -0.15) is 0 Å². The maximum absolute atomic E-state index is 4.12. The Morgan fingerprint density at radius 1 is 1.50 bits per heavy atom. The number of nitrogens with one attached hydrogen (secondary N) is 1. The van der Waals surface area contributed by atoms with Gasteiger partial charge in [0.25, 0.3) is 0 Å². The molecule has 1 N–H and O–H groups in total. The summed E-state index contributed by atoms with van der Waals surface area (Å²) in [7, 11) is 0. The Morgan fingerprint density at radius 3 is 2.93 bits per heavy atom. The molecule has 3 nitrogen and oxygen atoms in total. The first-order valence-electron chi connectivity index (χ1n) is 4.89. The summed E-state index contributed by atoms with van der Waals surface area (Å²) in [6.45, 7) is 5.08. The minimum absolute atomic E-state index is 0.595. The lowest BCUT2D eigenvalue weighted by atomic mass is 10.2. The van der Waals surface area contributed by atoms with E-state index >= 15 is 0 Å². The van der Waals surface area contributed by atoms with E-state index in [0.717, 1.165) is 30.9 Å². The molecule has 0 spiro atoms. The van der Waals surface area contributed by atoms with Gasteiger partial charge in [0.2, 0.25) is 0 Å². The number of halogens is 1. The van der Waals surface area contributed by atoms with Crippen molar-refractivity contribution < 1.29 is 0 Å². The van der Waals surface area contributed by atoms with Crippen LogP contribution in [0.25, 0.3) is 0 Å². The van der Waals surface area contributed by atoms with Crippen molar-refractivity contribution in [3.05, 3.63) is 18.1 Å². The van der Waals surface area contributed by atoms with E-state index in [9.17, 15) is 0 Å². The number of anilines is 1. The van der Waals surface area contributed by atoms with Crippen LogP contribution in [-0.2, 0) is 0 Å². The van der Waals surface area contributed by atoms with E-state index in [4.69, 9.17) is 0 Å². The van der Waals surface area contributed by atoms with Crippen molar-refractivity contribution in [2.24, 2.45) is 0 Å². The number of rotatable bonds is 5. The third kappa shape index (κ3) is 4.05. The fourth-order valence-corrected chi connectivity index (χ4v) is 1.34. The highest BCUT2D eigenvalue weighted by molar-refractivity contribution is 9.09. The second-order valence-electron chi connectivity index (χ2n) is 3.27. The topological polar surface area (TPSA) is 37.8 Å². The number of aromatic nitrogens is 2. The van der Waals surface area contributed by atoms with E-state index in [1.54, 1.807) is 6.33 Å². The molecule has 0 bridgehead atoms. The largest absolute Gasteiger partial charge is 0.370 e. The van der Waals surface area contributed by atoms with Crippen LogP contribution < -0.4 is 5.32 Å². The summed E-state index contributed by atoms with van der Waals surface area (Å²) in [6.07, 6.45) is 3.85. The molecular weight excluding hydrogens is 242 g/mol. The van der Waals surface area contributed by atoms with Crippen LogP contribution in [0.4, 0.5) is 5.82 Å². The number of hydrogen-bond acceptors (Lipinski definition) is 3. The molecule has 0 fully saturated rings. The van der Waals surface area contributed by atoms with Crippen LogP contribution in [0.2, 0.25) is 0 Å². The third-order valence-electron chi connectivity index (χ3n) is 2.01. The van der Waals surface area contributed by atoms with Crippen molar-refractivity contribution in [3.8, 4) is 0 Å². The van der Waals surface area contributed by atoms with Gasteiger partial charge in [-0.1, -0.05) is 22.9 Å². The van der Waals surface area contributed by atoms with Crippen molar-refractivity contribution >= 4 is 21.7 Å². The summed E-state index contributed by atoms with van der Waals surface area (Å²) in [5, 5.41) is 3.27. The van der Waals surface area contributed by atoms with Crippen molar-refractivity contribution in [1.29, 1.82) is 0 Å². The van der Waals surface area contributed by atoms with Crippen LogP contribution in [0.1, 0.15) is 25.5 Å². The van der Waals surface area contributed by atoms with Crippen molar-refractivity contribution in [2.75, 3.05) is 11.9 Å². The van der Waals surface area contributed by atoms with E-state index in [0.29, 0.717) is 4.83 Å². The number of hydrogen-bond donors (Lipinski definition) is 1. The lowest BCUT2D eigenvalue weighted by Gasteiger charge is -2.08. The van der Waals surface area contributed by atoms with Crippen LogP contribution in [-0.4, -0.2) is 21.3 Å². The molecule has 0 amide bonds. The van der Waals surface area contributed by atoms with E-state index in [-0.39, 0.29) is 0 Å². The van der Waals surface area contributed by atoms with Crippen LogP contribution in [0.15, 0.2) is 12.4 Å². The van der Waals surface area contributed by atoms with Crippen molar-refractivity contribution in [2.45, 2.75) is 31.5 Å². The highest BCUT2D eigenvalue weighted by Crippen LogP contribution is 2.09. The number of aryl methyl sites for hydroxylation is 1. The van der Waals surface area contributed by atoms with Gasteiger partial charge in [-0.25, -0.2) is 9.97 Å². The Kier molecular flexibility index (Phi) is 4.87. The fraction of sp³-hybridized carbons (Fsp3) is 0.600. The maximum Gasteiger partial charge on any atom is 0.129 e. The average Bonchev–Trinajstić information content (AvgIpc) is 2.17. The molecule has 0 saturated carbocycles. The maximum atomic E-state index is 4.12. The molecule has 1 unspecified atom stereocenters. The van der Waals surface area contributed by atoms with Crippen molar-refractivity contribution in [3.63, 3.8) is 0 Å². The van der Waals surface area contributed by atoms with E-state index in [1.165, 1.54) is 0 Å². The van der Waals surface area contributed by atoms with E-state index in [1.807, 2.05) is 13.0 Å². The Bertz CT molecular complexity index is 278. The summed E-state index contributed by atoms with van der Waals surface area (Å²) in [4.78, 5) is 8.76. The van der Waals surface area contributed by atoms with Gasteiger partial charge in [0.1, 0.15) is 12.1 Å². The molecule has 1 aromatic rings. The smallest absolute Gasteiger partial charge is 0.129 e. The molecule has 1 heterocycles. The zero-order chi connectivity index (χ0) is 10.4. The van der Waals surface area contributed by atoms with Gasteiger partial charge in [-0.05, 0) is 19.8 Å². The summed E-state index contributed by atoms with van der Waals surface area (Å²) >= 11 is 3.59. The third-order valence-corrected chi connectivity index (χ3v) is 3.12. The SMILES string of the molecule is CCC(Br)CCNc1cc(C)ncn1. The molecule has 0 radical (unpaired) electrons. The lowest BCUT2D eigenvalue weighted by Crippen LogP contribution is -2.08. The predicted octanol–water partition coefficient (Wildman–Crippen LogP) is 2.76. The standard InChI is InChI=1S/C10H16BrN3/c1-3-9(11)4-5-12-10-6-8(2)13-7-14-10/h6-7,9H,3-5H2,1-2H3,(H,12,13,14). The van der Waals surface area contributed by atoms with Crippen LogP contribution >= 0.6 is 15.9 Å². The van der Waals surface area contributed by atoms with Gasteiger partial charge in [0.05, 0.1) is 0 Å². The predicted molar refractivity (Wildman–Crippen MR) is 62.9 cm³/mol. The van der Waals surface area contributed by atoms with E-state index < -0.39 is 0 Å². The summed E-state index contributed by atoms with van der Waals surface area (Å²) in [5.74, 6) is 0.910. The minimum Gasteiger partial charge on any atom is -0.370 e. The number of nitrogens with zero attached hydrogens (tertiary/aromatic N) is 2. The van der Waals surface area contributed by atoms with Crippen molar-refractivity contribution in [1.82, 2.24) is 9.97 Å². The normalized spacial score (nSPS) is 12.5. The molecule has 14 heavy (non-hydrogen) atoms. The van der Waals surface area contributed by atoms with Gasteiger partial charge in [0.15, 0.2) is 0 Å². The Balaban J connectivity index is 2.31. The zero-order valence-electron chi connectivity index (χ0n) is 8.63. The van der Waals surface area contributed by atoms with Gasteiger partial charge in [0, 0.05) is 23.1 Å². The van der Waals surface area contributed by atoms with Crippen LogP contribution in [0, 0.1) is 6.92 Å². The molecule has 1 aromatic heterocycles. The molecule has 0 aliphatic carbocycles. The fourth-order valence-electron chi connectivity index (χ4n) is 1.11. The molecule has 0 aromatic carbocycles. The van der Waals surface area contributed by atoms with Gasteiger partial charge in [-0.3, -0.25) is 0 Å².